The van der Waals surface area contributed by atoms with E-state index < -0.39 is 0 Å². The van der Waals surface area contributed by atoms with Crippen molar-refractivity contribution in [1.29, 1.82) is 0 Å². The maximum atomic E-state index is 12.3. The van der Waals surface area contributed by atoms with Gasteiger partial charge in [0.15, 0.2) is 0 Å². The highest BCUT2D eigenvalue weighted by atomic mass is 16.5. The number of ether oxygens (including phenoxy) is 1. The number of anilines is 2. The maximum Gasteiger partial charge on any atom is 0.319 e. The number of nitrogens with one attached hydrogen (secondary N) is 4. The molecule has 0 aliphatic carbocycles. The zero-order valence-electron chi connectivity index (χ0n) is 20.8. The van der Waals surface area contributed by atoms with E-state index in [1.807, 2.05) is 74.5 Å². The molecule has 0 aliphatic heterocycles. The molecule has 4 N–H and O–H groups in total. The number of hydrogen-bond donors (Lipinski definition) is 4. The van der Waals surface area contributed by atoms with Crippen LogP contribution in [0.1, 0.15) is 37.1 Å². The van der Waals surface area contributed by atoms with Gasteiger partial charge in [0.2, 0.25) is 0 Å². The standard InChI is InChI=1S/C30H30N4O3/c1-21(23-9-5-3-6-10-23)31-29(35)33-25-13-17-27(18-14-25)37-28-19-15-26(16-20-28)34-30(36)32-22(2)24-11-7-4-8-12-24/h3-22H,1-2H3,(H2,31,33,35)(H2,32,34,36). The molecule has 0 bridgehead atoms. The largest absolute Gasteiger partial charge is 0.457 e. The monoisotopic (exact) mass is 494 g/mol. The van der Waals surface area contributed by atoms with Crippen LogP contribution >= 0.6 is 0 Å². The van der Waals surface area contributed by atoms with Gasteiger partial charge in [-0.2, -0.15) is 0 Å². The van der Waals surface area contributed by atoms with Crippen molar-refractivity contribution in [1.82, 2.24) is 10.6 Å². The first-order chi connectivity index (χ1) is 18.0. The maximum absolute atomic E-state index is 12.3. The van der Waals surface area contributed by atoms with Gasteiger partial charge < -0.3 is 26.0 Å². The van der Waals surface area contributed by atoms with E-state index in [0.717, 1.165) is 11.1 Å². The molecule has 0 fully saturated rings. The number of amides is 4. The third-order valence-corrected chi connectivity index (χ3v) is 5.75. The Labute approximate surface area is 216 Å². The molecule has 4 aromatic rings. The van der Waals surface area contributed by atoms with Crippen LogP contribution in [0, 0.1) is 0 Å². The first-order valence-electron chi connectivity index (χ1n) is 12.1. The van der Waals surface area contributed by atoms with Crippen LogP contribution in [0.3, 0.4) is 0 Å². The molecular weight excluding hydrogens is 464 g/mol. The molecular formula is C30H30N4O3. The highest BCUT2D eigenvalue weighted by Crippen LogP contribution is 2.25. The van der Waals surface area contributed by atoms with Gasteiger partial charge in [-0.15, -0.1) is 0 Å². The van der Waals surface area contributed by atoms with Gasteiger partial charge in [-0.1, -0.05) is 60.7 Å². The minimum Gasteiger partial charge on any atom is -0.457 e. The van der Waals surface area contributed by atoms with E-state index >= 15 is 0 Å². The summed E-state index contributed by atoms with van der Waals surface area (Å²) in [6.07, 6.45) is 0. The smallest absolute Gasteiger partial charge is 0.319 e. The van der Waals surface area contributed by atoms with E-state index in [0.29, 0.717) is 22.9 Å². The van der Waals surface area contributed by atoms with Crippen LogP contribution < -0.4 is 26.0 Å². The fourth-order valence-corrected chi connectivity index (χ4v) is 3.73. The Hall–Kier alpha value is -4.78. The second kappa shape index (κ2) is 12.3. The average molecular weight is 495 g/mol. The van der Waals surface area contributed by atoms with Crippen LogP contribution in [-0.4, -0.2) is 12.1 Å². The number of rotatable bonds is 8. The highest BCUT2D eigenvalue weighted by Gasteiger charge is 2.11. The van der Waals surface area contributed by atoms with Crippen LogP contribution in [0.25, 0.3) is 0 Å². The predicted octanol–water partition coefficient (Wildman–Crippen LogP) is 7.24. The van der Waals surface area contributed by atoms with Crippen molar-refractivity contribution in [2.45, 2.75) is 25.9 Å². The van der Waals surface area contributed by atoms with Crippen molar-refractivity contribution < 1.29 is 14.3 Å². The van der Waals surface area contributed by atoms with Gasteiger partial charge in [0, 0.05) is 11.4 Å². The molecule has 4 amide bonds. The molecule has 2 unspecified atom stereocenters. The molecule has 0 spiro atoms. The SMILES string of the molecule is CC(NC(=O)Nc1ccc(Oc2ccc(NC(=O)NC(C)c3ccccc3)cc2)cc1)c1ccccc1. The quantitative estimate of drug-likeness (QED) is 0.208. The van der Waals surface area contributed by atoms with Gasteiger partial charge in [0.05, 0.1) is 12.1 Å². The Morgan fingerprint density at radius 3 is 1.24 bits per heavy atom. The predicted molar refractivity (Wildman–Crippen MR) is 147 cm³/mol. The van der Waals surface area contributed by atoms with Crippen molar-refractivity contribution in [2.75, 3.05) is 10.6 Å². The van der Waals surface area contributed by atoms with Crippen LogP contribution in [0.4, 0.5) is 21.0 Å². The number of benzene rings is 4. The first kappa shape index (κ1) is 25.3. The lowest BCUT2D eigenvalue weighted by atomic mass is 10.1. The summed E-state index contributed by atoms with van der Waals surface area (Å²) in [6, 6.07) is 33.0. The third kappa shape index (κ3) is 7.60. The van der Waals surface area contributed by atoms with Gasteiger partial charge in [0.25, 0.3) is 0 Å². The molecule has 0 heterocycles. The fraction of sp³-hybridized carbons (Fsp3) is 0.133. The Morgan fingerprint density at radius 1 is 0.541 bits per heavy atom. The number of carbonyl (C=O) groups is 2. The number of urea groups is 2. The normalized spacial score (nSPS) is 12.1. The molecule has 0 aliphatic rings. The Bertz CT molecular complexity index is 1190. The summed E-state index contributed by atoms with van der Waals surface area (Å²) in [6.45, 7) is 3.87. The molecule has 0 aromatic heterocycles. The molecule has 7 heteroatoms. The minimum atomic E-state index is -0.282. The van der Waals surface area contributed by atoms with Gasteiger partial charge in [-0.25, -0.2) is 9.59 Å². The van der Waals surface area contributed by atoms with Gasteiger partial charge >= 0.3 is 12.1 Å². The molecule has 0 saturated carbocycles. The summed E-state index contributed by atoms with van der Waals surface area (Å²) in [5.74, 6) is 1.25. The summed E-state index contributed by atoms with van der Waals surface area (Å²) < 4.78 is 5.89. The van der Waals surface area contributed by atoms with Crippen LogP contribution in [0.15, 0.2) is 109 Å². The van der Waals surface area contributed by atoms with Crippen molar-refractivity contribution in [3.8, 4) is 11.5 Å². The van der Waals surface area contributed by atoms with E-state index in [9.17, 15) is 9.59 Å². The van der Waals surface area contributed by atoms with E-state index in [-0.39, 0.29) is 24.1 Å². The minimum absolute atomic E-state index is 0.111. The second-order valence-electron chi connectivity index (χ2n) is 8.61. The molecule has 0 saturated heterocycles. The molecule has 37 heavy (non-hydrogen) atoms. The first-order valence-corrected chi connectivity index (χ1v) is 12.1. The Kier molecular flexibility index (Phi) is 8.39. The van der Waals surface area contributed by atoms with Crippen molar-refractivity contribution in [3.63, 3.8) is 0 Å². The summed E-state index contributed by atoms with van der Waals surface area (Å²) in [5, 5.41) is 11.5. The van der Waals surface area contributed by atoms with Gasteiger partial charge in [-0.3, -0.25) is 0 Å². The Morgan fingerprint density at radius 2 is 0.892 bits per heavy atom. The lowest BCUT2D eigenvalue weighted by molar-refractivity contribution is 0.248. The molecule has 4 rings (SSSR count). The molecule has 4 aromatic carbocycles. The average Bonchev–Trinajstić information content (AvgIpc) is 2.92. The second-order valence-corrected chi connectivity index (χ2v) is 8.61. The summed E-state index contributed by atoms with van der Waals surface area (Å²) in [4.78, 5) is 24.6. The fourth-order valence-electron chi connectivity index (χ4n) is 3.73. The van der Waals surface area contributed by atoms with Crippen molar-refractivity contribution >= 4 is 23.4 Å². The zero-order valence-corrected chi connectivity index (χ0v) is 20.8. The van der Waals surface area contributed by atoms with Crippen molar-refractivity contribution in [2.24, 2.45) is 0 Å². The van der Waals surface area contributed by atoms with Crippen LogP contribution in [-0.2, 0) is 0 Å². The number of hydrogen-bond acceptors (Lipinski definition) is 3. The summed E-state index contributed by atoms with van der Waals surface area (Å²) in [5.41, 5.74) is 3.37. The lowest BCUT2D eigenvalue weighted by Crippen LogP contribution is -2.31. The Balaban J connectivity index is 1.24. The van der Waals surface area contributed by atoms with Crippen molar-refractivity contribution in [3.05, 3.63) is 120 Å². The van der Waals surface area contributed by atoms with E-state index in [1.54, 1.807) is 48.5 Å². The summed E-state index contributed by atoms with van der Waals surface area (Å²) >= 11 is 0. The van der Waals surface area contributed by atoms with E-state index in [2.05, 4.69) is 21.3 Å². The number of carbonyl (C=O) groups excluding carboxylic acids is 2. The highest BCUT2D eigenvalue weighted by molar-refractivity contribution is 5.90. The summed E-state index contributed by atoms with van der Waals surface area (Å²) in [7, 11) is 0. The lowest BCUT2D eigenvalue weighted by Gasteiger charge is -2.15. The zero-order chi connectivity index (χ0) is 26.0. The molecule has 7 nitrogen and oxygen atoms in total. The van der Waals surface area contributed by atoms with E-state index in [4.69, 9.17) is 4.74 Å². The van der Waals surface area contributed by atoms with Crippen LogP contribution in [0.2, 0.25) is 0 Å². The van der Waals surface area contributed by atoms with Crippen LogP contribution in [0.5, 0.6) is 11.5 Å². The molecule has 0 radical (unpaired) electrons. The van der Waals surface area contributed by atoms with E-state index in [1.165, 1.54) is 0 Å². The van der Waals surface area contributed by atoms with Gasteiger partial charge in [0.1, 0.15) is 11.5 Å². The molecule has 2 atom stereocenters. The third-order valence-electron chi connectivity index (χ3n) is 5.75. The molecule has 188 valence electrons. The topological polar surface area (TPSA) is 91.5 Å². The van der Waals surface area contributed by atoms with Gasteiger partial charge in [-0.05, 0) is 73.5 Å².